The molecule has 4 nitrogen and oxygen atoms in total. The van der Waals surface area contributed by atoms with E-state index in [9.17, 15) is 13.2 Å². The molecule has 1 aromatic rings. The van der Waals surface area contributed by atoms with Crippen molar-refractivity contribution in [1.82, 2.24) is 4.90 Å². The van der Waals surface area contributed by atoms with Gasteiger partial charge in [-0.3, -0.25) is 4.79 Å². The van der Waals surface area contributed by atoms with Crippen molar-refractivity contribution in [2.45, 2.75) is 43.0 Å². The number of carbonyl (C=O) groups is 1. The SMILES string of the molecule is CS(=O)(=O)C1CC2CCC(C1)N2C(=O)/C=C/c1ccccc1. The highest BCUT2D eigenvalue weighted by molar-refractivity contribution is 7.91. The highest BCUT2D eigenvalue weighted by Crippen LogP contribution is 2.38. The average molecular weight is 319 g/mol. The number of sulfone groups is 1. The fourth-order valence-corrected chi connectivity index (χ4v) is 4.80. The predicted molar refractivity (Wildman–Crippen MR) is 87.0 cm³/mol. The van der Waals surface area contributed by atoms with Crippen LogP contribution in [0.4, 0.5) is 0 Å². The van der Waals surface area contributed by atoms with E-state index in [-0.39, 0.29) is 23.2 Å². The average Bonchev–Trinajstić information content (AvgIpc) is 2.74. The number of hydrogen-bond donors (Lipinski definition) is 0. The molecule has 1 amide bonds. The quantitative estimate of drug-likeness (QED) is 0.803. The van der Waals surface area contributed by atoms with Gasteiger partial charge in [-0.25, -0.2) is 8.42 Å². The Morgan fingerprint density at radius 2 is 1.73 bits per heavy atom. The van der Waals surface area contributed by atoms with Gasteiger partial charge in [-0.15, -0.1) is 0 Å². The van der Waals surface area contributed by atoms with Gasteiger partial charge in [0.05, 0.1) is 5.25 Å². The number of benzene rings is 1. The van der Waals surface area contributed by atoms with E-state index in [1.807, 2.05) is 41.3 Å². The maximum atomic E-state index is 12.5. The first-order valence-corrected chi connectivity index (χ1v) is 9.65. The minimum Gasteiger partial charge on any atom is -0.333 e. The lowest BCUT2D eigenvalue weighted by Crippen LogP contribution is -2.49. The molecule has 0 aliphatic carbocycles. The Labute approximate surface area is 131 Å². The molecule has 2 unspecified atom stereocenters. The van der Waals surface area contributed by atoms with E-state index < -0.39 is 9.84 Å². The normalized spacial score (nSPS) is 28.2. The maximum absolute atomic E-state index is 12.5. The van der Waals surface area contributed by atoms with Crippen LogP contribution < -0.4 is 0 Å². The number of piperidine rings is 1. The molecule has 118 valence electrons. The van der Waals surface area contributed by atoms with Crippen LogP contribution in [0.25, 0.3) is 6.08 Å². The van der Waals surface area contributed by atoms with Crippen molar-refractivity contribution >= 4 is 21.8 Å². The van der Waals surface area contributed by atoms with Crippen LogP contribution in [0.3, 0.4) is 0 Å². The van der Waals surface area contributed by atoms with Gasteiger partial charge < -0.3 is 4.90 Å². The van der Waals surface area contributed by atoms with Crippen molar-refractivity contribution in [1.29, 1.82) is 0 Å². The second kappa shape index (κ2) is 5.88. The molecule has 2 fully saturated rings. The Morgan fingerprint density at radius 1 is 1.14 bits per heavy atom. The second-order valence-corrected chi connectivity index (χ2v) is 8.62. The molecule has 0 aromatic heterocycles. The minimum atomic E-state index is -3.01. The summed E-state index contributed by atoms with van der Waals surface area (Å²) in [6.07, 6.45) is 7.75. The lowest BCUT2D eigenvalue weighted by atomic mass is 10.0. The molecule has 0 radical (unpaired) electrons. The van der Waals surface area contributed by atoms with Crippen molar-refractivity contribution in [3.63, 3.8) is 0 Å². The number of amides is 1. The van der Waals surface area contributed by atoms with Crippen molar-refractivity contribution < 1.29 is 13.2 Å². The molecule has 2 aliphatic heterocycles. The number of nitrogens with zero attached hydrogens (tertiary/aromatic N) is 1. The van der Waals surface area contributed by atoms with E-state index in [2.05, 4.69) is 0 Å². The zero-order chi connectivity index (χ0) is 15.7. The van der Waals surface area contributed by atoms with Crippen molar-refractivity contribution in [3.8, 4) is 0 Å². The Morgan fingerprint density at radius 3 is 2.27 bits per heavy atom. The largest absolute Gasteiger partial charge is 0.333 e. The first-order valence-electron chi connectivity index (χ1n) is 7.69. The smallest absolute Gasteiger partial charge is 0.247 e. The molecule has 3 rings (SSSR count). The van der Waals surface area contributed by atoms with Gasteiger partial charge in [0.15, 0.2) is 0 Å². The fraction of sp³-hybridized carbons (Fsp3) is 0.471. The minimum absolute atomic E-state index is 0.00306. The van der Waals surface area contributed by atoms with E-state index in [1.54, 1.807) is 6.08 Å². The van der Waals surface area contributed by atoms with Crippen molar-refractivity contribution in [2.24, 2.45) is 0 Å². The lowest BCUT2D eigenvalue weighted by Gasteiger charge is -2.37. The van der Waals surface area contributed by atoms with E-state index >= 15 is 0 Å². The number of hydrogen-bond acceptors (Lipinski definition) is 3. The second-order valence-electron chi connectivity index (χ2n) is 6.30. The first kappa shape index (κ1) is 15.3. The van der Waals surface area contributed by atoms with Gasteiger partial charge in [0.25, 0.3) is 0 Å². The molecular formula is C17H21NO3S. The van der Waals surface area contributed by atoms with Gasteiger partial charge in [-0.05, 0) is 37.3 Å². The summed E-state index contributed by atoms with van der Waals surface area (Å²) in [7, 11) is -3.01. The molecule has 2 saturated heterocycles. The fourth-order valence-electron chi connectivity index (χ4n) is 3.65. The Balaban J connectivity index is 1.71. The van der Waals surface area contributed by atoms with Crippen LogP contribution in [0.1, 0.15) is 31.2 Å². The van der Waals surface area contributed by atoms with Crippen LogP contribution in [0.15, 0.2) is 36.4 Å². The summed E-state index contributed by atoms with van der Waals surface area (Å²) < 4.78 is 23.6. The maximum Gasteiger partial charge on any atom is 0.247 e. The van der Waals surface area contributed by atoms with Gasteiger partial charge in [0.2, 0.25) is 5.91 Å². The van der Waals surface area contributed by atoms with Crippen LogP contribution in [0.5, 0.6) is 0 Å². The number of carbonyl (C=O) groups excluding carboxylic acids is 1. The van der Waals surface area contributed by atoms with E-state index in [0.29, 0.717) is 12.8 Å². The zero-order valence-corrected chi connectivity index (χ0v) is 13.5. The van der Waals surface area contributed by atoms with E-state index in [4.69, 9.17) is 0 Å². The summed E-state index contributed by atoms with van der Waals surface area (Å²) in [5.74, 6) is 0.00306. The molecule has 2 bridgehead atoms. The summed E-state index contributed by atoms with van der Waals surface area (Å²) >= 11 is 0. The Kier molecular flexibility index (Phi) is 4.08. The molecule has 1 aromatic carbocycles. The van der Waals surface area contributed by atoms with Gasteiger partial charge in [-0.2, -0.15) is 0 Å². The van der Waals surface area contributed by atoms with E-state index in [0.717, 1.165) is 18.4 Å². The van der Waals surface area contributed by atoms with Gasteiger partial charge in [0, 0.05) is 24.4 Å². The summed E-state index contributed by atoms with van der Waals surface area (Å²) in [5.41, 5.74) is 0.995. The van der Waals surface area contributed by atoms with Gasteiger partial charge in [-0.1, -0.05) is 30.3 Å². The van der Waals surface area contributed by atoms with Crippen molar-refractivity contribution in [2.75, 3.05) is 6.26 Å². The highest BCUT2D eigenvalue weighted by Gasteiger charge is 2.45. The van der Waals surface area contributed by atoms with Crippen LogP contribution in [-0.2, 0) is 14.6 Å². The van der Waals surface area contributed by atoms with Crippen LogP contribution in [0, 0.1) is 0 Å². The molecule has 0 spiro atoms. The van der Waals surface area contributed by atoms with E-state index in [1.165, 1.54) is 6.26 Å². The Hall–Kier alpha value is -1.62. The van der Waals surface area contributed by atoms with Crippen LogP contribution in [-0.4, -0.2) is 42.8 Å². The summed E-state index contributed by atoms with van der Waals surface area (Å²) in [5, 5.41) is -0.285. The monoisotopic (exact) mass is 319 g/mol. The summed E-state index contributed by atoms with van der Waals surface area (Å²) in [4.78, 5) is 14.4. The third-order valence-electron chi connectivity index (χ3n) is 4.77. The molecule has 2 heterocycles. The molecule has 2 aliphatic rings. The zero-order valence-electron chi connectivity index (χ0n) is 12.7. The number of fused-ring (bicyclic) bond motifs is 2. The predicted octanol–water partition coefficient (Wildman–Crippen LogP) is 2.27. The molecule has 5 heteroatoms. The molecule has 0 N–H and O–H groups in total. The molecule has 0 saturated carbocycles. The van der Waals surface area contributed by atoms with Gasteiger partial charge in [0.1, 0.15) is 9.84 Å². The third-order valence-corrected chi connectivity index (χ3v) is 6.36. The van der Waals surface area contributed by atoms with Crippen LogP contribution in [0.2, 0.25) is 0 Å². The van der Waals surface area contributed by atoms with Crippen molar-refractivity contribution in [3.05, 3.63) is 42.0 Å². The van der Waals surface area contributed by atoms with Crippen LogP contribution >= 0.6 is 0 Å². The third kappa shape index (κ3) is 3.09. The number of rotatable bonds is 3. The molecule has 22 heavy (non-hydrogen) atoms. The molecule has 2 atom stereocenters. The summed E-state index contributed by atoms with van der Waals surface area (Å²) in [6, 6.07) is 9.87. The first-order chi connectivity index (χ1) is 10.4. The summed E-state index contributed by atoms with van der Waals surface area (Å²) in [6.45, 7) is 0. The lowest BCUT2D eigenvalue weighted by molar-refractivity contribution is -0.130. The standard InChI is InChI=1S/C17H21NO3S/c1-22(20,21)16-11-14-8-9-15(12-16)18(14)17(19)10-7-13-5-3-2-4-6-13/h2-7,10,14-16H,8-9,11-12H2,1H3/b10-7+. The topological polar surface area (TPSA) is 54.5 Å². The highest BCUT2D eigenvalue weighted by atomic mass is 32.2. The Bertz CT molecular complexity index is 667. The molecular weight excluding hydrogens is 298 g/mol. The van der Waals surface area contributed by atoms with Gasteiger partial charge >= 0.3 is 0 Å².